The molecule has 8 nitrogen and oxygen atoms in total. The highest BCUT2D eigenvalue weighted by Gasteiger charge is 2.30. The van der Waals surface area contributed by atoms with E-state index in [0.717, 1.165) is 32.4 Å². The van der Waals surface area contributed by atoms with Crippen LogP contribution < -0.4 is 5.32 Å². The molecule has 1 N–H and O–H groups in total. The first-order chi connectivity index (χ1) is 15.0. The number of hydrogen-bond donors (Lipinski definition) is 1. The van der Waals surface area contributed by atoms with Crippen molar-refractivity contribution in [3.8, 4) is 0 Å². The Hall–Kier alpha value is -2.20. The van der Waals surface area contributed by atoms with Crippen LogP contribution in [0, 0.1) is 0 Å². The molecule has 31 heavy (non-hydrogen) atoms. The quantitative estimate of drug-likeness (QED) is 0.699. The Bertz CT molecular complexity index is 970. The van der Waals surface area contributed by atoms with Gasteiger partial charge in [0.25, 0.3) is 15.9 Å². The van der Waals surface area contributed by atoms with Crippen LogP contribution in [0.3, 0.4) is 0 Å². The van der Waals surface area contributed by atoms with E-state index in [-0.39, 0.29) is 17.0 Å². The molecule has 0 radical (unpaired) electrons. The number of furan rings is 1. The van der Waals surface area contributed by atoms with E-state index in [9.17, 15) is 13.2 Å². The predicted octanol–water partition coefficient (Wildman–Crippen LogP) is 2.08. The summed E-state index contributed by atoms with van der Waals surface area (Å²) >= 11 is 0. The number of nitrogens with zero attached hydrogens (tertiary/aromatic N) is 2. The summed E-state index contributed by atoms with van der Waals surface area (Å²) in [5.41, 5.74) is 1.24. The fourth-order valence-electron chi connectivity index (χ4n) is 4.00. The lowest BCUT2D eigenvalue weighted by Crippen LogP contribution is -2.47. The van der Waals surface area contributed by atoms with Crippen LogP contribution in [0.4, 0.5) is 0 Å². The predicted molar refractivity (Wildman–Crippen MR) is 115 cm³/mol. The summed E-state index contributed by atoms with van der Waals surface area (Å²) in [4.78, 5) is 14.8. The zero-order valence-corrected chi connectivity index (χ0v) is 18.4. The van der Waals surface area contributed by atoms with Gasteiger partial charge < -0.3 is 14.5 Å². The van der Waals surface area contributed by atoms with Crippen molar-refractivity contribution in [1.29, 1.82) is 0 Å². The number of carbonyl (C=O) groups is 1. The van der Waals surface area contributed by atoms with Crippen molar-refractivity contribution in [2.45, 2.75) is 37.0 Å². The van der Waals surface area contributed by atoms with Gasteiger partial charge in [0, 0.05) is 39.3 Å². The van der Waals surface area contributed by atoms with Gasteiger partial charge in [0.1, 0.15) is 0 Å². The van der Waals surface area contributed by atoms with Crippen molar-refractivity contribution in [2.75, 3.05) is 39.3 Å². The first kappa shape index (κ1) is 22.0. The van der Waals surface area contributed by atoms with Crippen LogP contribution >= 0.6 is 0 Å². The molecular formula is C22H29N3O5S. The van der Waals surface area contributed by atoms with Crippen LogP contribution in [0.25, 0.3) is 0 Å². The average Bonchev–Trinajstić information content (AvgIpc) is 3.30. The smallest absolute Gasteiger partial charge is 0.287 e. The highest BCUT2D eigenvalue weighted by atomic mass is 32.2. The lowest BCUT2D eigenvalue weighted by Gasteiger charge is -2.33. The minimum Gasteiger partial charge on any atom is -0.438 e. The zero-order valence-electron chi connectivity index (χ0n) is 17.5. The van der Waals surface area contributed by atoms with Crippen LogP contribution in [0.2, 0.25) is 0 Å². The van der Waals surface area contributed by atoms with E-state index in [1.54, 1.807) is 0 Å². The average molecular weight is 448 g/mol. The van der Waals surface area contributed by atoms with E-state index < -0.39 is 15.9 Å². The maximum Gasteiger partial charge on any atom is 0.287 e. The van der Waals surface area contributed by atoms with Crippen LogP contribution in [0.5, 0.6) is 0 Å². The molecule has 1 amide bonds. The molecule has 2 aromatic rings. The third-order valence-corrected chi connectivity index (χ3v) is 7.45. The lowest BCUT2D eigenvalue weighted by molar-refractivity contribution is -0.0293. The van der Waals surface area contributed by atoms with Gasteiger partial charge in [-0.2, -0.15) is 4.31 Å². The van der Waals surface area contributed by atoms with E-state index in [2.05, 4.69) is 22.3 Å². The largest absolute Gasteiger partial charge is 0.438 e. The summed E-state index contributed by atoms with van der Waals surface area (Å²) in [5, 5.41) is 2.63. The maximum atomic E-state index is 12.7. The number of ether oxygens (including phenoxy) is 1. The molecule has 0 spiro atoms. The van der Waals surface area contributed by atoms with Gasteiger partial charge in [-0.25, -0.2) is 8.42 Å². The molecule has 0 bridgehead atoms. The number of sulfonamides is 1. The minimum absolute atomic E-state index is 0.00691. The maximum absolute atomic E-state index is 12.7. The van der Waals surface area contributed by atoms with Crippen LogP contribution in [0.1, 0.15) is 35.4 Å². The second kappa shape index (κ2) is 9.95. The molecule has 1 aromatic carbocycles. The fraction of sp³-hybridized carbons (Fsp3) is 0.500. The van der Waals surface area contributed by atoms with Gasteiger partial charge in [-0.1, -0.05) is 36.8 Å². The van der Waals surface area contributed by atoms with Crippen molar-refractivity contribution in [3.63, 3.8) is 0 Å². The first-order valence-corrected chi connectivity index (χ1v) is 12.2. The monoisotopic (exact) mass is 447 g/mol. The van der Waals surface area contributed by atoms with Crippen LogP contribution in [0.15, 0.2) is 52.0 Å². The van der Waals surface area contributed by atoms with Crippen LogP contribution in [-0.4, -0.2) is 69.0 Å². The number of hydrogen-bond acceptors (Lipinski definition) is 6. The Kier molecular flexibility index (Phi) is 7.06. The molecule has 168 valence electrons. The van der Waals surface area contributed by atoms with Crippen molar-refractivity contribution in [2.24, 2.45) is 0 Å². The number of nitrogens with one attached hydrogen (secondary N) is 1. The Balaban J connectivity index is 1.30. The molecule has 2 saturated heterocycles. The summed E-state index contributed by atoms with van der Waals surface area (Å²) in [7, 11) is -3.69. The molecule has 1 aromatic heterocycles. The summed E-state index contributed by atoms with van der Waals surface area (Å²) in [6.07, 6.45) is 2.59. The van der Waals surface area contributed by atoms with Gasteiger partial charge in [-0.15, -0.1) is 0 Å². The normalized spacial score (nSPS) is 21.1. The highest BCUT2D eigenvalue weighted by Crippen LogP contribution is 2.22. The fourth-order valence-corrected chi connectivity index (χ4v) is 5.42. The first-order valence-electron chi connectivity index (χ1n) is 10.8. The molecule has 2 aliphatic heterocycles. The highest BCUT2D eigenvalue weighted by molar-refractivity contribution is 7.89. The zero-order chi connectivity index (χ0) is 21.7. The number of morpholine rings is 1. The van der Waals surface area contributed by atoms with Crippen molar-refractivity contribution in [1.82, 2.24) is 14.5 Å². The van der Waals surface area contributed by atoms with E-state index in [4.69, 9.17) is 9.15 Å². The molecule has 0 saturated carbocycles. The lowest BCUT2D eigenvalue weighted by atomic mass is 10.2. The van der Waals surface area contributed by atoms with Gasteiger partial charge in [0.05, 0.1) is 12.7 Å². The molecule has 2 fully saturated rings. The molecule has 2 aliphatic rings. The standard InChI is InChI=1S/C22H29N3O5S/c26-22(20-9-10-21(30-20)31(27,28)25-11-5-2-6-12-25)23-15-19-17-24(13-14-29-19)16-18-7-3-1-4-8-18/h1,3-4,7-10,19H,2,5-6,11-17H2,(H,23,26). The SMILES string of the molecule is O=C(NCC1CN(Cc2ccccc2)CCO1)c1ccc(S(=O)(=O)N2CCCCC2)o1. The van der Waals surface area contributed by atoms with Crippen LogP contribution in [-0.2, 0) is 21.3 Å². The van der Waals surface area contributed by atoms with Gasteiger partial charge in [-0.05, 0) is 30.5 Å². The van der Waals surface area contributed by atoms with E-state index >= 15 is 0 Å². The summed E-state index contributed by atoms with van der Waals surface area (Å²) in [5.74, 6) is -0.448. The number of carbonyl (C=O) groups excluding carboxylic acids is 1. The Morgan fingerprint density at radius 2 is 1.81 bits per heavy atom. The number of benzene rings is 1. The minimum atomic E-state index is -3.69. The number of amides is 1. The topological polar surface area (TPSA) is 92.1 Å². The van der Waals surface area contributed by atoms with E-state index in [1.165, 1.54) is 22.0 Å². The van der Waals surface area contributed by atoms with Gasteiger partial charge in [0.15, 0.2) is 5.76 Å². The summed E-state index contributed by atoms with van der Waals surface area (Å²) in [6.45, 7) is 4.30. The third kappa shape index (κ3) is 5.54. The molecule has 3 heterocycles. The van der Waals surface area contributed by atoms with Crippen molar-refractivity contribution >= 4 is 15.9 Å². The second-order valence-electron chi connectivity index (χ2n) is 8.01. The van der Waals surface area contributed by atoms with Crippen molar-refractivity contribution < 1.29 is 22.4 Å². The molecular weight excluding hydrogens is 418 g/mol. The second-order valence-corrected chi connectivity index (χ2v) is 9.88. The molecule has 1 atom stereocenters. The number of rotatable bonds is 7. The molecule has 1 unspecified atom stereocenters. The number of piperidine rings is 1. The van der Waals surface area contributed by atoms with E-state index in [1.807, 2.05) is 18.2 Å². The van der Waals surface area contributed by atoms with E-state index in [0.29, 0.717) is 32.8 Å². The van der Waals surface area contributed by atoms with Gasteiger partial charge in [-0.3, -0.25) is 9.69 Å². The third-order valence-electron chi connectivity index (χ3n) is 5.68. The van der Waals surface area contributed by atoms with Gasteiger partial charge in [0.2, 0.25) is 5.09 Å². The van der Waals surface area contributed by atoms with Crippen molar-refractivity contribution in [3.05, 3.63) is 53.8 Å². The molecule has 4 rings (SSSR count). The Morgan fingerprint density at radius 1 is 1.03 bits per heavy atom. The Morgan fingerprint density at radius 3 is 2.58 bits per heavy atom. The summed E-state index contributed by atoms with van der Waals surface area (Å²) in [6, 6.07) is 13.0. The molecule has 9 heteroatoms. The van der Waals surface area contributed by atoms with Gasteiger partial charge >= 0.3 is 0 Å². The summed E-state index contributed by atoms with van der Waals surface area (Å²) < 4.78 is 38.0. The molecule has 0 aliphatic carbocycles. The Labute approximate surface area is 183 Å².